The second-order valence-electron chi connectivity index (χ2n) is 5.64. The number of aliphatic imine (C=N–C) groups is 1. The quantitative estimate of drug-likeness (QED) is 0.890. The van der Waals surface area contributed by atoms with Gasteiger partial charge in [-0.05, 0) is 25.0 Å². The number of carbonyl (C=O) groups is 1. The van der Waals surface area contributed by atoms with E-state index in [4.69, 9.17) is 5.11 Å². The second-order valence-corrected chi connectivity index (χ2v) is 6.67. The highest BCUT2D eigenvalue weighted by molar-refractivity contribution is 7.19. The Hall–Kier alpha value is -1.99. The number of rotatable bonds is 2. The van der Waals surface area contributed by atoms with Crippen LogP contribution in [0.4, 0.5) is 5.69 Å². The number of nitrogens with one attached hydrogen (secondary N) is 1. The van der Waals surface area contributed by atoms with Gasteiger partial charge in [0.25, 0.3) is 0 Å². The molecule has 0 aromatic carbocycles. The van der Waals surface area contributed by atoms with Gasteiger partial charge in [-0.3, -0.25) is 14.7 Å². The Kier molecular flexibility index (Phi) is 3.31. The van der Waals surface area contributed by atoms with Crippen LogP contribution < -0.4 is 5.32 Å². The van der Waals surface area contributed by atoms with Crippen molar-refractivity contribution in [3.63, 3.8) is 0 Å². The first-order chi connectivity index (χ1) is 10.7. The third-order valence-electron chi connectivity index (χ3n) is 4.38. The molecule has 2 aliphatic rings. The van der Waals surface area contributed by atoms with Crippen molar-refractivity contribution in [2.24, 2.45) is 10.9 Å². The van der Waals surface area contributed by atoms with Crippen molar-refractivity contribution in [3.05, 3.63) is 23.2 Å². The number of carboxylic acid groups (broad SMARTS) is 1. The van der Waals surface area contributed by atoms with Gasteiger partial charge in [-0.25, -0.2) is 4.98 Å². The van der Waals surface area contributed by atoms with Crippen LogP contribution in [0.15, 0.2) is 23.3 Å². The predicted molar refractivity (Wildman–Crippen MR) is 86.4 cm³/mol. The Labute approximate surface area is 131 Å². The van der Waals surface area contributed by atoms with Crippen LogP contribution in [0.1, 0.15) is 23.9 Å². The van der Waals surface area contributed by atoms with Crippen molar-refractivity contribution in [1.29, 1.82) is 0 Å². The molecule has 2 aromatic rings. The summed E-state index contributed by atoms with van der Waals surface area (Å²) in [4.78, 5) is 24.6. The van der Waals surface area contributed by atoms with Gasteiger partial charge in [-0.15, -0.1) is 11.3 Å². The lowest BCUT2D eigenvalue weighted by molar-refractivity contribution is -0.143. The first-order valence-electron chi connectivity index (χ1n) is 7.36. The molecule has 0 aliphatic carbocycles. The highest BCUT2D eigenvalue weighted by atomic mass is 32.1. The topological polar surface area (TPSA) is 77.8 Å². The van der Waals surface area contributed by atoms with E-state index in [1.54, 1.807) is 23.9 Å². The highest BCUT2D eigenvalue weighted by Crippen LogP contribution is 2.43. The summed E-state index contributed by atoms with van der Waals surface area (Å²) in [6.07, 6.45) is 4.90. The van der Waals surface area contributed by atoms with Crippen molar-refractivity contribution in [2.45, 2.75) is 19.0 Å². The smallest absolute Gasteiger partial charge is 0.306 e. The normalized spacial score (nSPS) is 22.5. The molecule has 0 saturated carbocycles. The maximum Gasteiger partial charge on any atom is 0.306 e. The number of nitrogens with zero attached hydrogens (tertiary/aromatic N) is 3. The number of hydrogen-bond acceptors (Lipinski definition) is 6. The molecule has 0 bridgehead atoms. The van der Waals surface area contributed by atoms with Gasteiger partial charge in [0.2, 0.25) is 0 Å². The molecule has 0 unspecified atom stereocenters. The minimum atomic E-state index is -0.680. The summed E-state index contributed by atoms with van der Waals surface area (Å²) in [5.74, 6) is -0.897. The minimum absolute atomic E-state index is 0.0230. The van der Waals surface area contributed by atoms with Crippen LogP contribution in [-0.2, 0) is 4.79 Å². The van der Waals surface area contributed by atoms with E-state index < -0.39 is 5.97 Å². The number of hydrogen-bond donors (Lipinski definition) is 2. The van der Waals surface area contributed by atoms with Crippen LogP contribution in [-0.4, -0.2) is 40.4 Å². The molecule has 0 amide bonds. The molecule has 2 N–H and O–H groups in total. The van der Waals surface area contributed by atoms with Gasteiger partial charge < -0.3 is 10.4 Å². The highest BCUT2D eigenvalue weighted by Gasteiger charge is 2.32. The van der Waals surface area contributed by atoms with E-state index in [0.717, 1.165) is 29.0 Å². The summed E-state index contributed by atoms with van der Waals surface area (Å²) in [6.45, 7) is 1.53. The van der Waals surface area contributed by atoms with E-state index in [0.29, 0.717) is 12.8 Å². The Balaban J connectivity index is 1.63. The van der Waals surface area contributed by atoms with Gasteiger partial charge in [-0.1, -0.05) is 0 Å². The molecule has 4 rings (SSSR count). The molecule has 2 aromatic heterocycles. The number of aromatic nitrogens is 1. The lowest BCUT2D eigenvalue weighted by Gasteiger charge is -2.35. The average Bonchev–Trinajstić information content (AvgIpc) is 2.93. The standard InChI is InChI=1S/C15H16N4O2S/c20-15(21)9-3-6-19(7-4-9)13-12-11(17-8-18-13)10-2-1-5-16-14(10)22-12/h1-2,5,8-9,13H,3-4,6-7H2,(H,17,18)(H,20,21)/t13-/m0/s1. The van der Waals surface area contributed by atoms with Crippen molar-refractivity contribution in [2.75, 3.05) is 18.4 Å². The summed E-state index contributed by atoms with van der Waals surface area (Å²) in [5.41, 5.74) is 1.09. The summed E-state index contributed by atoms with van der Waals surface area (Å²) >= 11 is 1.66. The lowest BCUT2D eigenvalue weighted by Crippen LogP contribution is -2.38. The Morgan fingerprint density at radius 1 is 1.41 bits per heavy atom. The van der Waals surface area contributed by atoms with E-state index >= 15 is 0 Å². The van der Waals surface area contributed by atoms with Gasteiger partial charge in [0.15, 0.2) is 0 Å². The van der Waals surface area contributed by atoms with Gasteiger partial charge >= 0.3 is 5.97 Å². The van der Waals surface area contributed by atoms with E-state index in [2.05, 4.69) is 26.3 Å². The molecule has 2 aliphatic heterocycles. The molecule has 22 heavy (non-hydrogen) atoms. The van der Waals surface area contributed by atoms with Gasteiger partial charge in [0.1, 0.15) is 11.0 Å². The van der Waals surface area contributed by atoms with Crippen LogP contribution in [0.5, 0.6) is 0 Å². The van der Waals surface area contributed by atoms with Crippen molar-refractivity contribution >= 4 is 39.5 Å². The van der Waals surface area contributed by atoms with E-state index in [9.17, 15) is 4.79 Å². The van der Waals surface area contributed by atoms with E-state index in [-0.39, 0.29) is 12.1 Å². The number of fused-ring (bicyclic) bond motifs is 3. The third kappa shape index (κ3) is 2.17. The Morgan fingerprint density at radius 2 is 2.23 bits per heavy atom. The van der Waals surface area contributed by atoms with Crippen LogP contribution in [0.25, 0.3) is 10.2 Å². The number of anilines is 1. The van der Waals surface area contributed by atoms with Crippen LogP contribution >= 0.6 is 11.3 Å². The molecule has 1 atom stereocenters. The molecular formula is C15H16N4O2S. The van der Waals surface area contributed by atoms with E-state index in [1.807, 2.05) is 6.07 Å². The first kappa shape index (κ1) is 13.7. The monoisotopic (exact) mass is 316 g/mol. The zero-order valence-electron chi connectivity index (χ0n) is 11.9. The fourth-order valence-corrected chi connectivity index (χ4v) is 4.36. The number of thiophene rings is 1. The maximum atomic E-state index is 11.1. The van der Waals surface area contributed by atoms with Crippen LogP contribution in [0, 0.1) is 5.92 Å². The molecule has 114 valence electrons. The summed E-state index contributed by atoms with van der Waals surface area (Å²) in [6, 6.07) is 4.01. The SMILES string of the molecule is O=C(O)C1CCN([C@@H]2N=CNc3c2sc2ncccc32)CC1. The number of likely N-dealkylation sites (tertiary alicyclic amines) is 1. The number of pyridine rings is 1. The average molecular weight is 316 g/mol. The van der Waals surface area contributed by atoms with Crippen molar-refractivity contribution in [1.82, 2.24) is 9.88 Å². The summed E-state index contributed by atoms with van der Waals surface area (Å²) < 4.78 is 0. The second kappa shape index (κ2) is 5.33. The van der Waals surface area contributed by atoms with Gasteiger partial charge in [0, 0.05) is 24.7 Å². The van der Waals surface area contributed by atoms with Crippen molar-refractivity contribution < 1.29 is 9.90 Å². The molecule has 7 heteroatoms. The lowest BCUT2D eigenvalue weighted by atomic mass is 9.96. The first-order valence-corrected chi connectivity index (χ1v) is 8.18. The van der Waals surface area contributed by atoms with Crippen LogP contribution in [0.3, 0.4) is 0 Å². The number of aliphatic carboxylic acids is 1. The summed E-state index contributed by atoms with van der Waals surface area (Å²) in [7, 11) is 0. The minimum Gasteiger partial charge on any atom is -0.481 e. The van der Waals surface area contributed by atoms with Crippen molar-refractivity contribution in [3.8, 4) is 0 Å². The number of carboxylic acids is 1. The summed E-state index contributed by atoms with van der Waals surface area (Å²) in [5, 5.41) is 13.5. The van der Waals surface area contributed by atoms with Gasteiger partial charge in [0.05, 0.1) is 22.8 Å². The predicted octanol–water partition coefficient (Wildman–Crippen LogP) is 2.55. The Bertz CT molecular complexity index is 749. The Morgan fingerprint density at radius 3 is 3.00 bits per heavy atom. The third-order valence-corrected chi connectivity index (χ3v) is 5.53. The zero-order valence-corrected chi connectivity index (χ0v) is 12.7. The molecule has 0 radical (unpaired) electrons. The fourth-order valence-electron chi connectivity index (χ4n) is 3.17. The van der Waals surface area contributed by atoms with Gasteiger partial charge in [-0.2, -0.15) is 0 Å². The fraction of sp³-hybridized carbons (Fsp3) is 0.400. The maximum absolute atomic E-state index is 11.1. The molecule has 1 saturated heterocycles. The largest absolute Gasteiger partial charge is 0.481 e. The molecular weight excluding hydrogens is 300 g/mol. The molecule has 4 heterocycles. The van der Waals surface area contributed by atoms with E-state index in [1.165, 1.54) is 4.88 Å². The molecule has 1 fully saturated rings. The molecule has 6 nitrogen and oxygen atoms in total. The zero-order chi connectivity index (χ0) is 15.1. The molecule has 0 spiro atoms. The van der Waals surface area contributed by atoms with Crippen LogP contribution in [0.2, 0.25) is 0 Å². The number of piperidine rings is 1.